The molecule has 2 aromatic rings. The lowest BCUT2D eigenvalue weighted by Crippen LogP contribution is -2.37. The third kappa shape index (κ3) is 2.10. The van der Waals surface area contributed by atoms with Crippen molar-refractivity contribution in [3.8, 4) is 0 Å². The van der Waals surface area contributed by atoms with Crippen LogP contribution in [0.15, 0.2) is 42.5 Å². The molecule has 1 unspecified atom stereocenters. The van der Waals surface area contributed by atoms with Crippen molar-refractivity contribution in [2.24, 2.45) is 5.73 Å². The van der Waals surface area contributed by atoms with E-state index >= 15 is 0 Å². The van der Waals surface area contributed by atoms with Gasteiger partial charge in [0.05, 0.1) is 6.04 Å². The molecule has 0 radical (unpaired) electrons. The molecule has 4 rings (SSSR count). The maximum Gasteiger partial charge on any atom is 0.0500 e. The highest BCUT2D eigenvalue weighted by Crippen LogP contribution is 2.57. The van der Waals surface area contributed by atoms with E-state index in [0.29, 0.717) is 11.6 Å². The topological polar surface area (TPSA) is 29.3 Å². The quantitative estimate of drug-likeness (QED) is 0.896. The Hall–Kier alpha value is -1.06. The van der Waals surface area contributed by atoms with Gasteiger partial charge >= 0.3 is 0 Å². The van der Waals surface area contributed by atoms with Crippen LogP contribution in [0, 0.1) is 0 Å². The second kappa shape index (κ2) is 5.24. The Morgan fingerprint density at radius 1 is 1.14 bits per heavy atom. The van der Waals surface area contributed by atoms with Gasteiger partial charge in [-0.2, -0.15) is 0 Å². The first-order valence-corrected chi connectivity index (χ1v) is 8.41. The Kier molecular flexibility index (Phi) is 3.46. The first kappa shape index (κ1) is 14.5. The van der Waals surface area contributed by atoms with Gasteiger partial charge in [-0.1, -0.05) is 53.5 Å². The fourth-order valence-electron chi connectivity index (χ4n) is 3.89. The van der Waals surface area contributed by atoms with Gasteiger partial charge in [0.1, 0.15) is 0 Å². The zero-order valence-corrected chi connectivity index (χ0v) is 13.7. The minimum atomic E-state index is 0.111. The lowest BCUT2D eigenvalue weighted by atomic mass is 10.0. The van der Waals surface area contributed by atoms with Crippen LogP contribution in [0.1, 0.15) is 35.6 Å². The summed E-state index contributed by atoms with van der Waals surface area (Å²) in [6.07, 6.45) is 2.35. The van der Waals surface area contributed by atoms with E-state index in [1.54, 1.807) is 0 Å². The summed E-state index contributed by atoms with van der Waals surface area (Å²) in [5, 5.41) is 1.44. The standard InChI is InChI=1S/C18H18Cl2N2/c19-14-8-12-11-22(16(10-21)17(12)15(20)9-14)18(6-7-18)13-4-2-1-3-5-13/h1-5,8-9,16H,6-7,10-11,21H2. The molecule has 22 heavy (non-hydrogen) atoms. The maximum absolute atomic E-state index is 6.46. The number of nitrogens with zero attached hydrogens (tertiary/aromatic N) is 1. The van der Waals surface area contributed by atoms with Crippen molar-refractivity contribution in [3.63, 3.8) is 0 Å². The Bertz CT molecular complexity index is 711. The monoisotopic (exact) mass is 332 g/mol. The molecule has 0 bridgehead atoms. The fraction of sp³-hybridized carbons (Fsp3) is 0.333. The summed E-state index contributed by atoms with van der Waals surface area (Å²) in [4.78, 5) is 2.52. The van der Waals surface area contributed by atoms with Crippen LogP contribution in [0.3, 0.4) is 0 Å². The van der Waals surface area contributed by atoms with Crippen LogP contribution in [0.2, 0.25) is 10.0 Å². The van der Waals surface area contributed by atoms with Gasteiger partial charge in [0.15, 0.2) is 0 Å². The molecule has 2 aliphatic rings. The third-order valence-electron chi connectivity index (χ3n) is 5.04. The highest BCUT2D eigenvalue weighted by Gasteiger charge is 2.53. The van der Waals surface area contributed by atoms with Crippen LogP contribution < -0.4 is 5.73 Å². The number of hydrogen-bond acceptors (Lipinski definition) is 2. The van der Waals surface area contributed by atoms with E-state index in [1.165, 1.54) is 24.0 Å². The molecule has 1 aliphatic heterocycles. The van der Waals surface area contributed by atoms with E-state index in [4.69, 9.17) is 28.9 Å². The average molecular weight is 333 g/mol. The van der Waals surface area contributed by atoms with E-state index < -0.39 is 0 Å². The number of benzene rings is 2. The SMILES string of the molecule is NCC1c2c(Cl)cc(Cl)cc2CN1C1(c2ccccc2)CC1. The van der Waals surface area contributed by atoms with Crippen LogP contribution in [-0.4, -0.2) is 11.4 Å². The number of halogens is 2. The summed E-state index contributed by atoms with van der Waals surface area (Å²) in [5.41, 5.74) is 9.99. The molecular formula is C18H18Cl2N2. The minimum Gasteiger partial charge on any atom is -0.329 e. The Morgan fingerprint density at radius 2 is 1.86 bits per heavy atom. The van der Waals surface area contributed by atoms with Gasteiger partial charge in [-0.25, -0.2) is 0 Å². The average Bonchev–Trinajstić information content (AvgIpc) is 3.24. The summed E-state index contributed by atoms with van der Waals surface area (Å²) in [6, 6.07) is 14.8. The lowest BCUT2D eigenvalue weighted by molar-refractivity contribution is 0.129. The van der Waals surface area contributed by atoms with E-state index in [2.05, 4.69) is 35.2 Å². The highest BCUT2D eigenvalue weighted by atomic mass is 35.5. The molecule has 1 heterocycles. The van der Waals surface area contributed by atoms with Crippen molar-refractivity contribution in [2.75, 3.05) is 6.54 Å². The van der Waals surface area contributed by atoms with Crippen molar-refractivity contribution in [2.45, 2.75) is 31.0 Å². The molecule has 0 aromatic heterocycles. The predicted molar refractivity (Wildman–Crippen MR) is 91.2 cm³/mol. The lowest BCUT2D eigenvalue weighted by Gasteiger charge is -2.33. The largest absolute Gasteiger partial charge is 0.329 e. The maximum atomic E-state index is 6.46. The van der Waals surface area contributed by atoms with Crippen LogP contribution in [-0.2, 0) is 12.1 Å². The summed E-state index contributed by atoms with van der Waals surface area (Å²) in [5.74, 6) is 0. The van der Waals surface area contributed by atoms with E-state index in [-0.39, 0.29) is 11.6 Å². The van der Waals surface area contributed by atoms with E-state index in [0.717, 1.165) is 17.1 Å². The predicted octanol–water partition coefficient (Wildman–Crippen LogP) is 4.50. The number of hydrogen-bond donors (Lipinski definition) is 1. The molecule has 1 fully saturated rings. The van der Waals surface area contributed by atoms with Crippen molar-refractivity contribution in [3.05, 3.63) is 69.2 Å². The van der Waals surface area contributed by atoms with Gasteiger partial charge in [-0.05, 0) is 41.7 Å². The van der Waals surface area contributed by atoms with Gasteiger partial charge in [0.25, 0.3) is 0 Å². The molecule has 0 spiro atoms. The smallest absolute Gasteiger partial charge is 0.0500 e. The summed E-state index contributed by atoms with van der Waals surface area (Å²) in [6.45, 7) is 1.44. The number of fused-ring (bicyclic) bond motifs is 1. The Balaban J connectivity index is 1.77. The van der Waals surface area contributed by atoms with E-state index in [1.807, 2.05) is 12.1 Å². The molecule has 1 saturated carbocycles. The first-order chi connectivity index (χ1) is 10.7. The molecule has 4 heteroatoms. The van der Waals surface area contributed by atoms with Crippen molar-refractivity contribution >= 4 is 23.2 Å². The molecule has 1 atom stereocenters. The van der Waals surface area contributed by atoms with Gasteiger partial charge in [-0.15, -0.1) is 0 Å². The second-order valence-electron chi connectivity index (χ2n) is 6.24. The molecular weight excluding hydrogens is 315 g/mol. The third-order valence-corrected chi connectivity index (χ3v) is 5.57. The van der Waals surface area contributed by atoms with Crippen molar-refractivity contribution in [1.29, 1.82) is 0 Å². The molecule has 2 nitrogen and oxygen atoms in total. The van der Waals surface area contributed by atoms with E-state index in [9.17, 15) is 0 Å². The molecule has 114 valence electrons. The Labute approximate surface area is 140 Å². The van der Waals surface area contributed by atoms with Crippen LogP contribution in [0.4, 0.5) is 0 Å². The molecule has 2 N–H and O–H groups in total. The second-order valence-corrected chi connectivity index (χ2v) is 7.08. The zero-order chi connectivity index (χ0) is 15.3. The Morgan fingerprint density at radius 3 is 2.50 bits per heavy atom. The van der Waals surface area contributed by atoms with Gasteiger partial charge in [0.2, 0.25) is 0 Å². The molecule has 0 saturated heterocycles. The summed E-state index contributed by atoms with van der Waals surface area (Å²) >= 11 is 12.6. The zero-order valence-electron chi connectivity index (χ0n) is 12.2. The van der Waals surface area contributed by atoms with Gasteiger partial charge in [0, 0.05) is 28.7 Å². The van der Waals surface area contributed by atoms with Crippen molar-refractivity contribution < 1.29 is 0 Å². The van der Waals surface area contributed by atoms with Gasteiger partial charge < -0.3 is 5.73 Å². The van der Waals surface area contributed by atoms with Crippen LogP contribution in [0.25, 0.3) is 0 Å². The van der Waals surface area contributed by atoms with Crippen LogP contribution in [0.5, 0.6) is 0 Å². The number of rotatable bonds is 3. The summed E-state index contributed by atoms with van der Waals surface area (Å²) < 4.78 is 0. The molecule has 0 amide bonds. The van der Waals surface area contributed by atoms with Gasteiger partial charge in [-0.3, -0.25) is 4.90 Å². The fourth-order valence-corrected chi connectivity index (χ4v) is 4.56. The highest BCUT2D eigenvalue weighted by molar-refractivity contribution is 6.35. The molecule has 2 aromatic carbocycles. The number of nitrogens with two attached hydrogens (primary N) is 1. The normalized spacial score (nSPS) is 22.6. The molecule has 1 aliphatic carbocycles. The minimum absolute atomic E-state index is 0.111. The summed E-state index contributed by atoms with van der Waals surface area (Å²) in [7, 11) is 0. The first-order valence-electron chi connectivity index (χ1n) is 7.66. The van der Waals surface area contributed by atoms with Crippen molar-refractivity contribution in [1.82, 2.24) is 4.90 Å². The van der Waals surface area contributed by atoms with Crippen LogP contribution >= 0.6 is 23.2 Å².